The van der Waals surface area contributed by atoms with Crippen molar-refractivity contribution in [2.45, 2.75) is 18.4 Å². The Bertz CT molecular complexity index is 328. The van der Waals surface area contributed by atoms with E-state index in [1.807, 2.05) is 0 Å². The summed E-state index contributed by atoms with van der Waals surface area (Å²) in [7, 11) is 0. The second kappa shape index (κ2) is 2.73. The van der Waals surface area contributed by atoms with Crippen molar-refractivity contribution in [1.29, 1.82) is 0 Å². The van der Waals surface area contributed by atoms with Gasteiger partial charge >= 0.3 is 0 Å². The van der Waals surface area contributed by atoms with Crippen LogP contribution in [0.4, 0.5) is 13.2 Å². The lowest BCUT2D eigenvalue weighted by molar-refractivity contribution is 0.445. The van der Waals surface area contributed by atoms with E-state index >= 15 is 0 Å². The average molecular weight is 187 g/mol. The highest BCUT2D eigenvalue weighted by atomic mass is 19.2. The smallest absolute Gasteiger partial charge is 0.194 e. The second-order valence-electron chi connectivity index (χ2n) is 3.30. The van der Waals surface area contributed by atoms with Gasteiger partial charge < -0.3 is 5.73 Å². The summed E-state index contributed by atoms with van der Waals surface area (Å²) in [6.45, 7) is 0. The van der Waals surface area contributed by atoms with Crippen LogP contribution >= 0.6 is 0 Å². The molecule has 0 saturated heterocycles. The van der Waals surface area contributed by atoms with Crippen molar-refractivity contribution in [3.8, 4) is 0 Å². The zero-order chi connectivity index (χ0) is 9.59. The fourth-order valence-electron chi connectivity index (χ4n) is 1.39. The maximum Gasteiger partial charge on any atom is 0.194 e. The molecule has 1 aromatic carbocycles. The Morgan fingerprint density at radius 3 is 2.00 bits per heavy atom. The van der Waals surface area contributed by atoms with E-state index in [1.54, 1.807) is 0 Å². The summed E-state index contributed by atoms with van der Waals surface area (Å²) in [5.41, 5.74) is 5.95. The summed E-state index contributed by atoms with van der Waals surface area (Å²) in [6, 6.07) is 1.98. The average Bonchev–Trinajstić information content (AvgIpc) is 2.77. The van der Waals surface area contributed by atoms with Crippen LogP contribution in [0, 0.1) is 17.5 Å². The third kappa shape index (κ3) is 1.42. The van der Waals surface area contributed by atoms with E-state index in [9.17, 15) is 13.2 Å². The Kier molecular flexibility index (Phi) is 1.80. The molecule has 1 aliphatic rings. The Hall–Kier alpha value is -1.03. The fourth-order valence-corrected chi connectivity index (χ4v) is 1.39. The van der Waals surface area contributed by atoms with Gasteiger partial charge in [0.2, 0.25) is 0 Å². The molecule has 70 valence electrons. The molecule has 0 aliphatic heterocycles. The molecule has 0 radical (unpaired) electrons. The van der Waals surface area contributed by atoms with Crippen molar-refractivity contribution in [3.05, 3.63) is 35.1 Å². The van der Waals surface area contributed by atoms with Crippen LogP contribution in [0.2, 0.25) is 0 Å². The summed E-state index contributed by atoms with van der Waals surface area (Å²) in [5, 5.41) is 0. The van der Waals surface area contributed by atoms with Gasteiger partial charge in [-0.2, -0.15) is 0 Å². The summed E-state index contributed by atoms with van der Waals surface area (Å²) in [4.78, 5) is 0. The molecule has 0 aromatic heterocycles. The van der Waals surface area contributed by atoms with Gasteiger partial charge in [0, 0.05) is 12.0 Å². The lowest BCUT2D eigenvalue weighted by Gasteiger charge is -2.00. The molecule has 2 rings (SSSR count). The van der Waals surface area contributed by atoms with Gasteiger partial charge in [-0.05, 0) is 24.1 Å². The molecule has 2 N–H and O–H groups in total. The lowest BCUT2D eigenvalue weighted by atomic mass is 10.1. The van der Waals surface area contributed by atoms with E-state index in [1.165, 1.54) is 0 Å². The Balaban J connectivity index is 2.39. The molecule has 13 heavy (non-hydrogen) atoms. The van der Waals surface area contributed by atoms with Crippen LogP contribution in [0.5, 0.6) is 0 Å². The third-order valence-electron chi connectivity index (χ3n) is 2.27. The van der Waals surface area contributed by atoms with E-state index in [4.69, 9.17) is 5.73 Å². The van der Waals surface area contributed by atoms with Gasteiger partial charge in [0.25, 0.3) is 0 Å². The highest BCUT2D eigenvalue weighted by Gasteiger charge is 2.35. The maximum absolute atomic E-state index is 12.7. The van der Waals surface area contributed by atoms with Gasteiger partial charge in [-0.25, -0.2) is 13.2 Å². The summed E-state index contributed by atoms with van der Waals surface area (Å²) in [5.74, 6) is -3.72. The molecule has 0 amide bonds. The number of benzene rings is 1. The Morgan fingerprint density at radius 2 is 1.62 bits per heavy atom. The maximum atomic E-state index is 12.7. The Morgan fingerprint density at radius 1 is 1.15 bits per heavy atom. The largest absolute Gasteiger partial charge is 0.327 e. The third-order valence-corrected chi connectivity index (χ3v) is 2.27. The van der Waals surface area contributed by atoms with Crippen molar-refractivity contribution in [1.82, 2.24) is 0 Å². The molecule has 4 heteroatoms. The normalized spacial score (nSPS) is 26.2. The van der Waals surface area contributed by atoms with E-state index in [2.05, 4.69) is 0 Å². The fraction of sp³-hybridized carbons (Fsp3) is 0.333. The second-order valence-corrected chi connectivity index (χ2v) is 3.30. The van der Waals surface area contributed by atoms with Crippen molar-refractivity contribution in [2.75, 3.05) is 0 Å². The first-order chi connectivity index (χ1) is 6.09. The molecule has 0 heterocycles. The van der Waals surface area contributed by atoms with E-state index in [0.29, 0.717) is 12.0 Å². The molecular weight excluding hydrogens is 179 g/mol. The van der Waals surface area contributed by atoms with Gasteiger partial charge in [0.1, 0.15) is 0 Å². The molecule has 1 aliphatic carbocycles. The van der Waals surface area contributed by atoms with Gasteiger partial charge in [-0.15, -0.1) is 0 Å². The number of hydrogen-bond acceptors (Lipinski definition) is 1. The first-order valence-corrected chi connectivity index (χ1v) is 3.99. The molecule has 2 atom stereocenters. The monoisotopic (exact) mass is 187 g/mol. The number of hydrogen-bond donors (Lipinski definition) is 1. The van der Waals surface area contributed by atoms with Crippen LogP contribution in [0.15, 0.2) is 12.1 Å². The molecule has 1 fully saturated rings. The van der Waals surface area contributed by atoms with E-state index in [0.717, 1.165) is 12.1 Å². The Labute approximate surface area is 73.4 Å². The first-order valence-electron chi connectivity index (χ1n) is 3.99. The van der Waals surface area contributed by atoms with Crippen LogP contribution in [-0.2, 0) is 0 Å². The van der Waals surface area contributed by atoms with Crippen LogP contribution in [0.3, 0.4) is 0 Å². The van der Waals surface area contributed by atoms with Crippen molar-refractivity contribution < 1.29 is 13.2 Å². The first kappa shape index (κ1) is 8.56. The summed E-state index contributed by atoms with van der Waals surface area (Å²) < 4.78 is 37.9. The molecule has 0 spiro atoms. The minimum atomic E-state index is -1.42. The van der Waals surface area contributed by atoms with Crippen LogP contribution in [0.25, 0.3) is 0 Å². The number of halogens is 3. The van der Waals surface area contributed by atoms with Gasteiger partial charge in [0.05, 0.1) is 0 Å². The quantitative estimate of drug-likeness (QED) is 0.668. The van der Waals surface area contributed by atoms with Gasteiger partial charge in [-0.1, -0.05) is 0 Å². The zero-order valence-corrected chi connectivity index (χ0v) is 6.73. The molecule has 1 saturated carbocycles. The van der Waals surface area contributed by atoms with Gasteiger partial charge in [-0.3, -0.25) is 0 Å². The molecular formula is C9H8F3N. The molecule has 1 nitrogen and oxygen atoms in total. The summed E-state index contributed by atoms with van der Waals surface area (Å²) >= 11 is 0. The highest BCUT2D eigenvalue weighted by molar-refractivity contribution is 5.29. The van der Waals surface area contributed by atoms with Crippen LogP contribution < -0.4 is 5.73 Å². The molecule has 2 unspecified atom stereocenters. The minimum absolute atomic E-state index is 0.00963. The standard InChI is InChI=1S/C9H8F3N/c10-6-1-4(5-3-8(5)13)2-7(11)9(6)12/h1-2,5,8H,3,13H2. The number of nitrogens with two attached hydrogens (primary N) is 1. The van der Waals surface area contributed by atoms with Crippen molar-refractivity contribution >= 4 is 0 Å². The molecule has 1 aromatic rings. The van der Waals surface area contributed by atoms with Crippen LogP contribution in [0.1, 0.15) is 17.9 Å². The highest BCUT2D eigenvalue weighted by Crippen LogP contribution is 2.39. The zero-order valence-electron chi connectivity index (χ0n) is 6.73. The van der Waals surface area contributed by atoms with Crippen molar-refractivity contribution in [2.24, 2.45) is 5.73 Å². The number of rotatable bonds is 1. The SMILES string of the molecule is NC1CC1c1cc(F)c(F)c(F)c1. The van der Waals surface area contributed by atoms with E-state index in [-0.39, 0.29) is 12.0 Å². The van der Waals surface area contributed by atoms with E-state index < -0.39 is 17.5 Å². The molecule has 0 bridgehead atoms. The van der Waals surface area contributed by atoms with Crippen LogP contribution in [-0.4, -0.2) is 6.04 Å². The summed E-state index contributed by atoms with van der Waals surface area (Å²) in [6.07, 6.45) is 0.713. The topological polar surface area (TPSA) is 26.0 Å². The predicted octanol–water partition coefficient (Wildman–Crippen LogP) is 1.92. The predicted molar refractivity (Wildman–Crippen MR) is 41.6 cm³/mol. The van der Waals surface area contributed by atoms with Gasteiger partial charge in [0.15, 0.2) is 17.5 Å². The minimum Gasteiger partial charge on any atom is -0.327 e. The lowest BCUT2D eigenvalue weighted by Crippen LogP contribution is -2.02. The van der Waals surface area contributed by atoms with Crippen molar-refractivity contribution in [3.63, 3.8) is 0 Å².